The summed E-state index contributed by atoms with van der Waals surface area (Å²) in [6.45, 7) is 1.73. The molecule has 6 heteroatoms. The first-order chi connectivity index (χ1) is 12.4. The van der Waals surface area contributed by atoms with E-state index in [9.17, 15) is 13.2 Å². The van der Waals surface area contributed by atoms with Gasteiger partial charge in [0.25, 0.3) is 0 Å². The summed E-state index contributed by atoms with van der Waals surface area (Å²) >= 11 is 0. The zero-order chi connectivity index (χ0) is 18.3. The molecule has 0 aliphatic carbocycles. The van der Waals surface area contributed by atoms with Gasteiger partial charge >= 0.3 is 6.18 Å². The summed E-state index contributed by atoms with van der Waals surface area (Å²) in [4.78, 5) is 4.52. The van der Waals surface area contributed by atoms with E-state index < -0.39 is 11.9 Å². The van der Waals surface area contributed by atoms with E-state index in [1.807, 2.05) is 30.3 Å². The van der Waals surface area contributed by atoms with Gasteiger partial charge < -0.3 is 0 Å². The third-order valence-corrected chi connectivity index (χ3v) is 4.17. The highest BCUT2D eigenvalue weighted by atomic mass is 19.4. The van der Waals surface area contributed by atoms with Crippen molar-refractivity contribution in [2.24, 2.45) is 0 Å². The van der Waals surface area contributed by atoms with E-state index >= 15 is 0 Å². The number of nitrogens with zero attached hydrogens (tertiary/aromatic N) is 3. The quantitative estimate of drug-likeness (QED) is 0.484. The second-order valence-corrected chi connectivity index (χ2v) is 5.97. The van der Waals surface area contributed by atoms with Gasteiger partial charge in [-0.15, -0.1) is 0 Å². The molecule has 0 aliphatic heterocycles. The Balaban J connectivity index is 2.07. The van der Waals surface area contributed by atoms with Crippen LogP contribution in [0.3, 0.4) is 0 Å². The van der Waals surface area contributed by atoms with Crippen LogP contribution in [0.4, 0.5) is 13.2 Å². The van der Waals surface area contributed by atoms with Crippen LogP contribution in [0.5, 0.6) is 0 Å². The van der Waals surface area contributed by atoms with Crippen LogP contribution in [-0.2, 0) is 6.18 Å². The molecule has 0 atom stereocenters. The van der Waals surface area contributed by atoms with Gasteiger partial charge in [-0.25, -0.2) is 9.50 Å². The van der Waals surface area contributed by atoms with E-state index in [2.05, 4.69) is 10.1 Å². The first kappa shape index (κ1) is 16.3. The van der Waals surface area contributed by atoms with Gasteiger partial charge in [-0.3, -0.25) is 0 Å². The van der Waals surface area contributed by atoms with E-state index in [4.69, 9.17) is 0 Å². The molecule has 0 amide bonds. The van der Waals surface area contributed by atoms with Crippen molar-refractivity contribution in [2.75, 3.05) is 0 Å². The second-order valence-electron chi connectivity index (χ2n) is 5.97. The molecule has 4 aromatic rings. The van der Waals surface area contributed by atoms with Crippen LogP contribution >= 0.6 is 0 Å². The first-order valence-corrected chi connectivity index (χ1v) is 8.03. The number of benzene rings is 2. The van der Waals surface area contributed by atoms with Crippen molar-refractivity contribution < 1.29 is 13.2 Å². The minimum atomic E-state index is -4.57. The Morgan fingerprint density at radius 3 is 2.00 bits per heavy atom. The monoisotopic (exact) mass is 353 g/mol. The molecule has 0 bridgehead atoms. The Labute approximate surface area is 147 Å². The van der Waals surface area contributed by atoms with Gasteiger partial charge in [-0.1, -0.05) is 60.7 Å². The molecule has 130 valence electrons. The van der Waals surface area contributed by atoms with Gasteiger partial charge in [-0.2, -0.15) is 18.3 Å². The number of hydrogen-bond donors (Lipinski definition) is 0. The lowest BCUT2D eigenvalue weighted by Crippen LogP contribution is -2.08. The normalized spacial score (nSPS) is 11.8. The van der Waals surface area contributed by atoms with Crippen molar-refractivity contribution in [3.8, 4) is 22.4 Å². The van der Waals surface area contributed by atoms with Crippen molar-refractivity contribution in [3.05, 3.63) is 78.1 Å². The number of hydrogen-bond acceptors (Lipinski definition) is 2. The lowest BCUT2D eigenvalue weighted by molar-refractivity contribution is -0.140. The Hall–Kier alpha value is -3.15. The van der Waals surface area contributed by atoms with Crippen molar-refractivity contribution in [2.45, 2.75) is 13.1 Å². The fraction of sp³-hybridized carbons (Fsp3) is 0.100. The van der Waals surface area contributed by atoms with Crippen molar-refractivity contribution in [1.82, 2.24) is 14.6 Å². The largest absolute Gasteiger partial charge is 0.435 e. The molecule has 2 heterocycles. The SMILES string of the molecule is Cc1cc(-c2ccccc2)nc2c(-c3ccccc3)c(C(F)(F)F)nn12. The van der Waals surface area contributed by atoms with E-state index in [-0.39, 0.29) is 11.2 Å². The van der Waals surface area contributed by atoms with Gasteiger partial charge in [0.1, 0.15) is 0 Å². The topological polar surface area (TPSA) is 30.2 Å². The summed E-state index contributed by atoms with van der Waals surface area (Å²) in [5, 5.41) is 3.82. The van der Waals surface area contributed by atoms with Crippen LogP contribution in [0.15, 0.2) is 66.7 Å². The Bertz CT molecular complexity index is 1070. The molecule has 0 saturated carbocycles. The standard InChI is InChI=1S/C20H14F3N3/c1-13-12-16(14-8-4-2-5-9-14)24-19-17(15-10-6-3-7-11-15)18(20(21,22)23)25-26(13)19/h2-12H,1H3. The molecule has 26 heavy (non-hydrogen) atoms. The number of fused-ring (bicyclic) bond motifs is 1. The highest BCUT2D eigenvalue weighted by Gasteiger charge is 2.39. The lowest BCUT2D eigenvalue weighted by Gasteiger charge is -2.07. The molecule has 0 unspecified atom stereocenters. The summed E-state index contributed by atoms with van der Waals surface area (Å²) < 4.78 is 42.1. The van der Waals surface area contributed by atoms with Crippen LogP contribution in [0.25, 0.3) is 28.0 Å². The number of aryl methyl sites for hydroxylation is 1. The molecule has 3 nitrogen and oxygen atoms in total. The summed E-state index contributed by atoms with van der Waals surface area (Å²) in [7, 11) is 0. The highest BCUT2D eigenvalue weighted by Crippen LogP contribution is 2.39. The third kappa shape index (κ3) is 2.73. The minimum absolute atomic E-state index is 0.000943. The number of aromatic nitrogens is 3. The van der Waals surface area contributed by atoms with Crippen molar-refractivity contribution in [1.29, 1.82) is 0 Å². The van der Waals surface area contributed by atoms with Gasteiger partial charge in [-0.05, 0) is 18.6 Å². The Morgan fingerprint density at radius 2 is 1.42 bits per heavy atom. The fourth-order valence-electron chi connectivity index (χ4n) is 2.99. The number of alkyl halides is 3. The first-order valence-electron chi connectivity index (χ1n) is 8.03. The average molecular weight is 353 g/mol. The highest BCUT2D eigenvalue weighted by molar-refractivity contribution is 5.82. The van der Waals surface area contributed by atoms with E-state index in [0.717, 1.165) is 5.56 Å². The molecule has 0 radical (unpaired) electrons. The summed E-state index contributed by atoms with van der Waals surface area (Å²) in [5.41, 5.74) is 1.74. The van der Waals surface area contributed by atoms with Gasteiger partial charge in [0.2, 0.25) is 0 Å². The van der Waals surface area contributed by atoms with Crippen LogP contribution in [-0.4, -0.2) is 14.6 Å². The second kappa shape index (κ2) is 5.98. The molecule has 0 N–H and O–H groups in total. The zero-order valence-corrected chi connectivity index (χ0v) is 13.8. The maximum Gasteiger partial charge on any atom is 0.435 e. The lowest BCUT2D eigenvalue weighted by atomic mass is 10.1. The molecule has 4 rings (SSSR count). The number of rotatable bonds is 2. The molecule has 2 aromatic carbocycles. The van der Waals surface area contributed by atoms with E-state index in [0.29, 0.717) is 17.0 Å². The molecule has 0 saturated heterocycles. The van der Waals surface area contributed by atoms with Gasteiger partial charge in [0, 0.05) is 11.3 Å². The maximum atomic E-state index is 13.6. The maximum absolute atomic E-state index is 13.6. The van der Waals surface area contributed by atoms with Crippen molar-refractivity contribution in [3.63, 3.8) is 0 Å². The van der Waals surface area contributed by atoms with Crippen LogP contribution in [0.2, 0.25) is 0 Å². The predicted octanol–water partition coefficient (Wildman–Crippen LogP) is 5.39. The predicted molar refractivity (Wildman–Crippen MR) is 93.6 cm³/mol. The molecule has 0 spiro atoms. The minimum Gasteiger partial charge on any atom is -0.228 e. The van der Waals surface area contributed by atoms with Gasteiger partial charge in [0.15, 0.2) is 11.3 Å². The Kier molecular flexibility index (Phi) is 3.76. The molecule has 0 fully saturated rings. The molecular weight excluding hydrogens is 339 g/mol. The number of halogens is 3. The fourth-order valence-corrected chi connectivity index (χ4v) is 2.99. The van der Waals surface area contributed by atoms with Crippen LogP contribution in [0.1, 0.15) is 11.4 Å². The zero-order valence-electron chi connectivity index (χ0n) is 13.8. The van der Waals surface area contributed by atoms with Crippen LogP contribution in [0, 0.1) is 6.92 Å². The average Bonchev–Trinajstić information content (AvgIpc) is 3.04. The van der Waals surface area contributed by atoms with Crippen LogP contribution < -0.4 is 0 Å². The third-order valence-electron chi connectivity index (χ3n) is 4.17. The van der Waals surface area contributed by atoms with Crippen molar-refractivity contribution >= 4 is 5.65 Å². The summed E-state index contributed by atoms with van der Waals surface area (Å²) in [6, 6.07) is 19.5. The van der Waals surface area contributed by atoms with E-state index in [1.54, 1.807) is 43.3 Å². The van der Waals surface area contributed by atoms with Gasteiger partial charge in [0.05, 0.1) is 11.3 Å². The molecule has 0 aliphatic rings. The molecular formula is C20H14F3N3. The summed E-state index contributed by atoms with van der Waals surface area (Å²) in [6.07, 6.45) is -4.57. The summed E-state index contributed by atoms with van der Waals surface area (Å²) in [5.74, 6) is 0. The Morgan fingerprint density at radius 1 is 0.846 bits per heavy atom. The smallest absolute Gasteiger partial charge is 0.228 e. The molecule has 2 aromatic heterocycles. The van der Waals surface area contributed by atoms with E-state index in [1.165, 1.54) is 4.52 Å².